The van der Waals surface area contributed by atoms with Crippen molar-refractivity contribution in [2.45, 2.75) is 26.2 Å². The highest BCUT2D eigenvalue weighted by molar-refractivity contribution is 7.92. The molecule has 286 valence electrons. The van der Waals surface area contributed by atoms with Gasteiger partial charge in [0.1, 0.15) is 23.0 Å². The van der Waals surface area contributed by atoms with Crippen LogP contribution < -0.4 is 24.4 Å². The highest BCUT2D eigenvalue weighted by Gasteiger charge is 2.22. The van der Waals surface area contributed by atoms with Crippen molar-refractivity contribution in [1.29, 1.82) is 0 Å². The second-order valence-electron chi connectivity index (χ2n) is 12.5. The van der Waals surface area contributed by atoms with Gasteiger partial charge in [0.2, 0.25) is 16.0 Å². The Kier molecular flexibility index (Phi) is 15.1. The first-order valence-electron chi connectivity index (χ1n) is 16.5. The van der Waals surface area contributed by atoms with Gasteiger partial charge in [-0.2, -0.15) is 0 Å². The predicted octanol–water partition coefficient (Wildman–Crippen LogP) is 5.14. The third-order valence-electron chi connectivity index (χ3n) is 8.59. The summed E-state index contributed by atoms with van der Waals surface area (Å²) in [4.78, 5) is 51.7. The summed E-state index contributed by atoms with van der Waals surface area (Å²) in [5.74, 6) is 2.04. The number of imidazole rings is 1. The van der Waals surface area contributed by atoms with Crippen molar-refractivity contribution in [1.82, 2.24) is 19.8 Å². The van der Waals surface area contributed by atoms with Gasteiger partial charge in [0.25, 0.3) is 11.8 Å². The van der Waals surface area contributed by atoms with Gasteiger partial charge >= 0.3 is 0 Å². The highest BCUT2D eigenvalue weighted by Crippen LogP contribution is 2.32. The van der Waals surface area contributed by atoms with Gasteiger partial charge in [0.05, 0.1) is 48.1 Å². The Morgan fingerprint density at radius 3 is 2.43 bits per heavy atom. The molecule has 2 amide bonds. The molecule has 1 aliphatic heterocycles. The number of amides is 2. The van der Waals surface area contributed by atoms with Crippen LogP contribution in [0.2, 0.25) is 0 Å². The number of hydrogen-bond acceptors (Lipinski definition) is 10. The molecule has 1 aliphatic rings. The zero-order valence-electron chi connectivity index (χ0n) is 30.2. The zero-order chi connectivity index (χ0) is 36.7. The molecular formula is C36H45Cl2N7O7S. The van der Waals surface area contributed by atoms with Gasteiger partial charge in [0.15, 0.2) is 0 Å². The van der Waals surface area contributed by atoms with Gasteiger partial charge < -0.3 is 34.5 Å². The van der Waals surface area contributed by atoms with Crippen molar-refractivity contribution >= 4 is 80.9 Å². The number of anilines is 3. The van der Waals surface area contributed by atoms with E-state index in [9.17, 15) is 22.8 Å². The minimum atomic E-state index is -3.57. The topological polar surface area (TPSA) is 166 Å². The van der Waals surface area contributed by atoms with Crippen molar-refractivity contribution in [2.75, 3.05) is 75.2 Å². The van der Waals surface area contributed by atoms with Crippen LogP contribution in [0.3, 0.4) is 0 Å². The third kappa shape index (κ3) is 10.9. The number of allylic oxidation sites excluding steroid dienone is 1. The number of carbonyl (C=O) groups excluding carboxylic acids is 3. The Morgan fingerprint density at radius 2 is 1.75 bits per heavy atom. The molecule has 53 heavy (non-hydrogen) atoms. The molecule has 0 radical (unpaired) electrons. The molecule has 17 heteroatoms. The first-order chi connectivity index (χ1) is 24.4. The smallest absolute Gasteiger partial charge is 0.259 e. The maximum absolute atomic E-state index is 13.7. The maximum atomic E-state index is 13.7. The van der Waals surface area contributed by atoms with E-state index < -0.39 is 15.9 Å². The lowest BCUT2D eigenvalue weighted by atomic mass is 10.1. The molecule has 5 rings (SSSR count). The third-order valence-corrected chi connectivity index (χ3v) is 9.15. The Bertz CT molecular complexity index is 2080. The number of benzene rings is 3. The summed E-state index contributed by atoms with van der Waals surface area (Å²) in [6.45, 7) is 5.84. The standard InChI is InChI=1S/C36H43N7O7S.2ClH/c1-24-12-15-30(32(21-24)50-20-7-6-9-26(23-44)43-18-16-41(2)17-19-43)42(3)35(46)25-13-14-27(31(22-25)49-4)34(45)37-28-10-8-11-29-33(28)39-36(38-29)40-51(5,47)48;;/h8,10-15,21-22H,6-7,9,16-20H2,1-5H3,(H,37,45)(H2,38,39,40);2*1H. The number of rotatable bonds is 14. The van der Waals surface area contributed by atoms with Crippen LogP contribution in [0.25, 0.3) is 11.0 Å². The molecular weight excluding hydrogens is 745 g/mol. The number of fused-ring (bicyclic) bond motifs is 1. The summed E-state index contributed by atoms with van der Waals surface area (Å²) in [5, 5.41) is 2.80. The summed E-state index contributed by atoms with van der Waals surface area (Å²) in [5.41, 5.74) is 3.94. The number of methoxy groups -OCH3 is 1. The van der Waals surface area contributed by atoms with Crippen molar-refractivity contribution < 1.29 is 32.3 Å². The van der Waals surface area contributed by atoms with Crippen LogP contribution in [0.4, 0.5) is 17.3 Å². The first kappa shape index (κ1) is 42.6. The molecule has 14 nitrogen and oxygen atoms in total. The van der Waals surface area contributed by atoms with Crippen LogP contribution in [-0.4, -0.2) is 106 Å². The number of H-pyrrole nitrogens is 1. The Morgan fingerprint density at radius 1 is 1.02 bits per heavy atom. The van der Waals surface area contributed by atoms with Crippen molar-refractivity contribution in [3.05, 3.63) is 77.0 Å². The molecule has 1 fully saturated rings. The van der Waals surface area contributed by atoms with Crippen LogP contribution >= 0.6 is 24.8 Å². The molecule has 0 saturated carbocycles. The minimum Gasteiger partial charge on any atom is -0.496 e. The first-order valence-corrected chi connectivity index (χ1v) is 18.4. The van der Waals surface area contributed by atoms with Gasteiger partial charge in [-0.25, -0.2) is 18.2 Å². The monoisotopic (exact) mass is 789 g/mol. The second-order valence-corrected chi connectivity index (χ2v) is 14.3. The molecule has 2 heterocycles. The van der Waals surface area contributed by atoms with Crippen LogP contribution in [0.15, 0.2) is 60.3 Å². The molecule has 4 aromatic rings. The molecule has 0 atom stereocenters. The highest BCUT2D eigenvalue weighted by atomic mass is 35.5. The van der Waals surface area contributed by atoms with Gasteiger partial charge in [-0.15, -0.1) is 24.8 Å². The van der Waals surface area contributed by atoms with E-state index in [1.54, 1.807) is 31.3 Å². The lowest BCUT2D eigenvalue weighted by molar-refractivity contribution is 0.0987. The lowest BCUT2D eigenvalue weighted by Crippen LogP contribution is -2.44. The molecule has 3 N–H and O–H groups in total. The fourth-order valence-electron chi connectivity index (χ4n) is 5.80. The number of ether oxygens (including phenoxy) is 2. The number of unbranched alkanes of at least 4 members (excludes halogenated alkanes) is 1. The quantitative estimate of drug-likeness (QED) is 0.115. The number of halogens is 2. The second kappa shape index (κ2) is 18.8. The number of para-hydroxylation sites is 1. The summed E-state index contributed by atoms with van der Waals surface area (Å²) in [7, 11) is 1.57. The average molecular weight is 791 g/mol. The number of aryl methyl sites for hydroxylation is 1. The predicted molar refractivity (Wildman–Crippen MR) is 212 cm³/mol. The average Bonchev–Trinajstić information content (AvgIpc) is 3.51. The largest absolute Gasteiger partial charge is 0.496 e. The van der Waals surface area contributed by atoms with Gasteiger partial charge in [-0.3, -0.25) is 14.3 Å². The van der Waals surface area contributed by atoms with E-state index in [0.29, 0.717) is 52.4 Å². The summed E-state index contributed by atoms with van der Waals surface area (Å²) in [6.07, 6.45) is 3.13. The van der Waals surface area contributed by atoms with E-state index in [0.717, 1.165) is 50.8 Å². The van der Waals surface area contributed by atoms with Crippen molar-refractivity contribution in [3.63, 3.8) is 0 Å². The molecule has 0 aliphatic carbocycles. The van der Waals surface area contributed by atoms with Crippen LogP contribution in [-0.2, 0) is 14.8 Å². The van der Waals surface area contributed by atoms with Crippen molar-refractivity contribution in [3.8, 4) is 11.5 Å². The SMILES string of the molecule is COc1cc(C(=O)N(C)c2ccc(C)cc2OCCCCC(=C=O)N2CCN(C)CC2)ccc1C(=O)Nc1cccc2[nH]c(NS(C)(=O)=O)nc12.Cl.Cl. The number of sulfonamides is 1. The van der Waals surface area contributed by atoms with Gasteiger partial charge in [-0.1, -0.05) is 12.1 Å². The van der Waals surface area contributed by atoms with Gasteiger partial charge in [-0.05, 0) is 81.3 Å². The number of aromatic amines is 1. The molecule has 0 bridgehead atoms. The molecule has 1 saturated heterocycles. The summed E-state index contributed by atoms with van der Waals surface area (Å²) >= 11 is 0. The van der Waals surface area contributed by atoms with Crippen molar-refractivity contribution in [2.24, 2.45) is 0 Å². The zero-order valence-corrected chi connectivity index (χ0v) is 32.7. The molecule has 0 spiro atoms. The number of nitrogens with one attached hydrogen (secondary N) is 3. The van der Waals surface area contributed by atoms with E-state index in [1.807, 2.05) is 25.1 Å². The van der Waals surface area contributed by atoms with E-state index in [2.05, 4.69) is 42.8 Å². The number of carbonyl (C=O) groups is 2. The number of nitrogens with zero attached hydrogens (tertiary/aromatic N) is 4. The Labute approximate surface area is 321 Å². The van der Waals surface area contributed by atoms with E-state index in [4.69, 9.17) is 9.47 Å². The molecule has 1 aromatic heterocycles. The summed E-state index contributed by atoms with van der Waals surface area (Å²) in [6, 6.07) is 15.2. The Hall–Kier alpha value is -4.79. The van der Waals surface area contributed by atoms with Crippen LogP contribution in [0.1, 0.15) is 45.5 Å². The minimum absolute atomic E-state index is 0. The normalized spacial score (nSPS) is 12.9. The lowest BCUT2D eigenvalue weighted by Gasteiger charge is -2.34. The number of aromatic nitrogens is 2. The van der Waals surface area contributed by atoms with Crippen LogP contribution in [0.5, 0.6) is 11.5 Å². The fourth-order valence-corrected chi connectivity index (χ4v) is 6.25. The van der Waals surface area contributed by atoms with E-state index in [-0.39, 0.29) is 48.0 Å². The molecule has 0 unspecified atom stereocenters. The maximum Gasteiger partial charge on any atom is 0.259 e. The Balaban J connectivity index is 0.00000378. The summed E-state index contributed by atoms with van der Waals surface area (Å²) < 4.78 is 37.3. The number of hydrogen-bond donors (Lipinski definition) is 3. The van der Waals surface area contributed by atoms with Gasteiger partial charge in [0, 0.05) is 38.8 Å². The number of piperazine rings is 1. The van der Waals surface area contributed by atoms with E-state index in [1.165, 1.54) is 24.1 Å². The molecule has 3 aromatic carbocycles. The fraction of sp³-hybridized carbons (Fsp3) is 0.361. The number of likely N-dealkylation sites (N-methyl/N-ethyl adjacent to an activating group) is 1. The van der Waals surface area contributed by atoms with Crippen LogP contribution in [0, 0.1) is 6.92 Å². The van der Waals surface area contributed by atoms with E-state index >= 15 is 0 Å².